The number of thioether (sulfide) groups is 1. The molecule has 2 saturated heterocycles. The van der Waals surface area contributed by atoms with Gasteiger partial charge in [0, 0.05) is 55.6 Å². The zero-order valence-electron chi connectivity index (χ0n) is 15.6. The lowest BCUT2D eigenvalue weighted by Gasteiger charge is -2.26. The number of hydrogen-bond acceptors (Lipinski definition) is 8. The zero-order chi connectivity index (χ0) is 18.8. The molecule has 144 valence electrons. The molecular weight excluding hydrogens is 372 g/mol. The molecule has 28 heavy (non-hydrogen) atoms. The Balaban J connectivity index is 1.56. The molecule has 0 unspecified atom stereocenters. The van der Waals surface area contributed by atoms with E-state index in [1.54, 1.807) is 6.26 Å². The average molecular weight is 395 g/mol. The van der Waals surface area contributed by atoms with E-state index < -0.39 is 0 Å². The van der Waals surface area contributed by atoms with Crippen molar-refractivity contribution in [3.05, 3.63) is 36.9 Å². The van der Waals surface area contributed by atoms with Crippen LogP contribution >= 0.6 is 11.8 Å². The lowest BCUT2D eigenvalue weighted by Crippen LogP contribution is -2.33. The molecule has 2 fully saturated rings. The smallest absolute Gasteiger partial charge is 0.226 e. The lowest BCUT2D eigenvalue weighted by atomic mass is 10.1. The SMILES string of the molecule is c1coc(-c2nc(N3CCSCC3)ncc2-c2ccnc(N3CCCC3)n2)c1. The van der Waals surface area contributed by atoms with E-state index in [2.05, 4.69) is 19.8 Å². The summed E-state index contributed by atoms with van der Waals surface area (Å²) >= 11 is 1.97. The molecule has 3 aromatic heterocycles. The van der Waals surface area contributed by atoms with E-state index in [9.17, 15) is 0 Å². The van der Waals surface area contributed by atoms with Gasteiger partial charge in [0.05, 0.1) is 12.0 Å². The predicted octanol–water partition coefficient (Wildman–Crippen LogP) is 3.35. The first-order chi connectivity index (χ1) is 13.9. The minimum atomic E-state index is 0.728. The van der Waals surface area contributed by atoms with Crippen LogP contribution in [-0.2, 0) is 0 Å². The van der Waals surface area contributed by atoms with Gasteiger partial charge in [-0.15, -0.1) is 0 Å². The topological polar surface area (TPSA) is 71.2 Å². The molecule has 0 spiro atoms. The van der Waals surface area contributed by atoms with Crippen LogP contribution in [0.4, 0.5) is 11.9 Å². The summed E-state index contributed by atoms with van der Waals surface area (Å²) in [6, 6.07) is 5.74. The number of nitrogens with zero attached hydrogens (tertiary/aromatic N) is 6. The Bertz CT molecular complexity index is 936. The van der Waals surface area contributed by atoms with Crippen molar-refractivity contribution in [2.75, 3.05) is 47.5 Å². The molecule has 0 radical (unpaired) electrons. The first-order valence-electron chi connectivity index (χ1n) is 9.70. The molecule has 0 aliphatic carbocycles. The molecule has 5 heterocycles. The van der Waals surface area contributed by atoms with Crippen molar-refractivity contribution >= 4 is 23.7 Å². The Morgan fingerprint density at radius 1 is 0.893 bits per heavy atom. The summed E-state index contributed by atoms with van der Waals surface area (Å²) in [6.45, 7) is 3.95. The van der Waals surface area contributed by atoms with Gasteiger partial charge in [-0.3, -0.25) is 0 Å². The Kier molecular flexibility index (Phi) is 4.86. The minimum absolute atomic E-state index is 0.728. The maximum Gasteiger partial charge on any atom is 0.226 e. The van der Waals surface area contributed by atoms with Gasteiger partial charge in [0.1, 0.15) is 5.69 Å². The standard InChI is InChI=1S/C20H22N6OS/c1-2-8-25(7-1)19-21-6-5-16(23-19)15-14-22-20(26-9-12-28-13-10-26)24-18(15)17-4-3-11-27-17/h3-6,11,14H,1-2,7-10,12-13H2. The quantitative estimate of drug-likeness (QED) is 0.667. The van der Waals surface area contributed by atoms with Gasteiger partial charge < -0.3 is 14.2 Å². The molecule has 3 aromatic rings. The zero-order valence-corrected chi connectivity index (χ0v) is 16.4. The molecule has 0 amide bonds. The molecule has 0 N–H and O–H groups in total. The van der Waals surface area contributed by atoms with Crippen molar-refractivity contribution < 1.29 is 4.42 Å². The number of rotatable bonds is 4. The largest absolute Gasteiger partial charge is 0.463 e. The van der Waals surface area contributed by atoms with Crippen LogP contribution in [0.3, 0.4) is 0 Å². The van der Waals surface area contributed by atoms with Crippen molar-refractivity contribution in [2.45, 2.75) is 12.8 Å². The highest BCUT2D eigenvalue weighted by Crippen LogP contribution is 2.32. The molecule has 7 nitrogen and oxygen atoms in total. The summed E-state index contributed by atoms with van der Waals surface area (Å²) < 4.78 is 5.69. The summed E-state index contributed by atoms with van der Waals surface area (Å²) in [6.07, 6.45) is 7.75. The van der Waals surface area contributed by atoms with Crippen molar-refractivity contribution in [2.24, 2.45) is 0 Å². The summed E-state index contributed by atoms with van der Waals surface area (Å²) in [5.74, 6) is 4.46. The van der Waals surface area contributed by atoms with Crippen LogP contribution in [0.25, 0.3) is 22.7 Å². The van der Waals surface area contributed by atoms with Crippen molar-refractivity contribution in [3.63, 3.8) is 0 Å². The van der Waals surface area contributed by atoms with E-state index in [-0.39, 0.29) is 0 Å². The number of aromatic nitrogens is 4. The van der Waals surface area contributed by atoms with Crippen LogP contribution in [0.5, 0.6) is 0 Å². The number of hydrogen-bond donors (Lipinski definition) is 0. The van der Waals surface area contributed by atoms with Gasteiger partial charge in [0.2, 0.25) is 11.9 Å². The van der Waals surface area contributed by atoms with Crippen LogP contribution in [0, 0.1) is 0 Å². The predicted molar refractivity (Wildman–Crippen MR) is 112 cm³/mol. The lowest BCUT2D eigenvalue weighted by molar-refractivity contribution is 0.580. The summed E-state index contributed by atoms with van der Waals surface area (Å²) in [5, 5.41) is 0. The summed E-state index contributed by atoms with van der Waals surface area (Å²) in [7, 11) is 0. The van der Waals surface area contributed by atoms with E-state index in [0.29, 0.717) is 0 Å². The number of furan rings is 1. The van der Waals surface area contributed by atoms with E-state index in [1.807, 2.05) is 42.4 Å². The number of anilines is 2. The van der Waals surface area contributed by atoms with Crippen molar-refractivity contribution in [1.29, 1.82) is 0 Å². The second-order valence-corrected chi connectivity index (χ2v) is 8.17. The van der Waals surface area contributed by atoms with Gasteiger partial charge in [-0.05, 0) is 31.0 Å². The second-order valence-electron chi connectivity index (χ2n) is 6.95. The highest BCUT2D eigenvalue weighted by molar-refractivity contribution is 7.99. The maximum absolute atomic E-state index is 5.69. The third kappa shape index (κ3) is 3.44. The highest BCUT2D eigenvalue weighted by Gasteiger charge is 2.21. The molecule has 0 aromatic carbocycles. The van der Waals surface area contributed by atoms with Crippen LogP contribution < -0.4 is 9.80 Å². The van der Waals surface area contributed by atoms with Gasteiger partial charge in [-0.25, -0.2) is 19.9 Å². The van der Waals surface area contributed by atoms with E-state index >= 15 is 0 Å². The molecule has 8 heteroatoms. The minimum Gasteiger partial charge on any atom is -0.463 e. The molecular formula is C20H22N6OS. The van der Waals surface area contributed by atoms with Gasteiger partial charge in [0.15, 0.2) is 5.76 Å². The van der Waals surface area contributed by atoms with Gasteiger partial charge in [-0.2, -0.15) is 11.8 Å². The Morgan fingerprint density at radius 2 is 1.68 bits per heavy atom. The molecule has 0 saturated carbocycles. The molecule has 0 atom stereocenters. The Labute approximate surface area is 168 Å². The second kappa shape index (κ2) is 7.79. The first-order valence-corrected chi connectivity index (χ1v) is 10.9. The average Bonchev–Trinajstić information content (AvgIpc) is 3.48. The summed E-state index contributed by atoms with van der Waals surface area (Å²) in [5.41, 5.74) is 2.47. The monoisotopic (exact) mass is 394 g/mol. The molecule has 2 aliphatic rings. The van der Waals surface area contributed by atoms with Crippen molar-refractivity contribution in [1.82, 2.24) is 19.9 Å². The molecule has 5 rings (SSSR count). The Hall–Kier alpha value is -2.61. The fraction of sp³-hybridized carbons (Fsp3) is 0.400. The van der Waals surface area contributed by atoms with E-state index in [4.69, 9.17) is 14.4 Å². The van der Waals surface area contributed by atoms with E-state index in [1.165, 1.54) is 12.8 Å². The third-order valence-electron chi connectivity index (χ3n) is 5.13. The fourth-order valence-corrected chi connectivity index (χ4v) is 4.55. The highest BCUT2D eigenvalue weighted by atomic mass is 32.2. The van der Waals surface area contributed by atoms with Gasteiger partial charge in [0.25, 0.3) is 0 Å². The fourth-order valence-electron chi connectivity index (χ4n) is 3.64. The third-order valence-corrected chi connectivity index (χ3v) is 6.07. The summed E-state index contributed by atoms with van der Waals surface area (Å²) in [4.78, 5) is 23.3. The van der Waals surface area contributed by atoms with Gasteiger partial charge >= 0.3 is 0 Å². The van der Waals surface area contributed by atoms with Crippen LogP contribution in [-0.4, -0.2) is 57.6 Å². The van der Waals surface area contributed by atoms with Crippen LogP contribution in [0.1, 0.15) is 12.8 Å². The molecule has 0 bridgehead atoms. The Morgan fingerprint density at radius 3 is 2.46 bits per heavy atom. The van der Waals surface area contributed by atoms with Gasteiger partial charge in [-0.1, -0.05) is 0 Å². The van der Waals surface area contributed by atoms with Crippen molar-refractivity contribution in [3.8, 4) is 22.7 Å². The first kappa shape index (κ1) is 17.5. The molecule has 2 aliphatic heterocycles. The maximum atomic E-state index is 5.69. The normalized spacial score (nSPS) is 17.3. The van der Waals surface area contributed by atoms with Crippen LogP contribution in [0.2, 0.25) is 0 Å². The van der Waals surface area contributed by atoms with Crippen LogP contribution in [0.15, 0.2) is 41.3 Å². The van der Waals surface area contributed by atoms with E-state index in [0.717, 1.165) is 72.3 Å².